The molecule has 0 saturated carbocycles. The molecule has 0 aliphatic carbocycles. The topological polar surface area (TPSA) is 23.0 Å². The Labute approximate surface area is 379 Å². The summed E-state index contributed by atoms with van der Waals surface area (Å²) in [6, 6.07) is -24.1. The highest BCUT2D eigenvalue weighted by atomic mass is 28.3. The van der Waals surface area contributed by atoms with Crippen LogP contribution in [0.4, 0.5) is 0 Å². The fourth-order valence-electron chi connectivity index (χ4n) is 7.77. The lowest BCUT2D eigenvalue weighted by molar-refractivity contribution is 0.666. The number of para-hydroxylation sites is 4. The molecule has 272 valence electrons. The van der Waals surface area contributed by atoms with E-state index in [9.17, 15) is 20.6 Å². The van der Waals surface area contributed by atoms with Gasteiger partial charge >= 0.3 is 0 Å². The lowest BCUT2D eigenvalue weighted by Gasteiger charge is -2.34. The Kier molecular flexibility index (Phi) is 3.21. The Balaban J connectivity index is 1.45. The predicted octanol–water partition coefficient (Wildman–Crippen LogP) is 11.2. The molecule has 0 saturated heterocycles. The molecule has 0 amide bonds. The van der Waals surface area contributed by atoms with Crippen LogP contribution in [0.5, 0.6) is 0 Å². The number of rotatable bonds is 6. The van der Waals surface area contributed by atoms with E-state index in [1.54, 1.807) is 0 Å². The molecule has 0 fully saturated rings. The van der Waals surface area contributed by atoms with Crippen molar-refractivity contribution in [2.45, 2.75) is 0 Å². The van der Waals surface area contributed by atoms with Crippen LogP contribution in [-0.2, 0) is 0 Å². The summed E-state index contributed by atoms with van der Waals surface area (Å²) in [5, 5.41) is -6.49. The lowest BCUT2D eigenvalue weighted by atomic mass is 10.1. The molecule has 12 rings (SSSR count). The number of benzene rings is 9. The molecule has 58 heavy (non-hydrogen) atoms. The highest BCUT2D eigenvalue weighted by molar-refractivity contribution is 7.19. The maximum absolute atomic E-state index is 10.7. The van der Waals surface area contributed by atoms with Crippen LogP contribution in [0, 0.1) is 0 Å². The maximum Gasteiger partial charge on any atom is 0.179 e. The molecular formula is C54H36N2OSi. The van der Waals surface area contributed by atoms with Gasteiger partial charge in [-0.15, -0.1) is 0 Å². The summed E-state index contributed by atoms with van der Waals surface area (Å²) in [5.74, 6) is 0. The molecule has 0 bridgehead atoms. The average Bonchev–Trinajstić information content (AvgIpc) is 1.62. The van der Waals surface area contributed by atoms with Gasteiger partial charge in [-0.2, -0.15) is 0 Å². The summed E-state index contributed by atoms with van der Waals surface area (Å²) < 4.78 is 297. The molecule has 0 aliphatic heterocycles. The van der Waals surface area contributed by atoms with Crippen molar-refractivity contribution < 1.29 is 46.9 Å². The Morgan fingerprint density at radius 2 is 0.931 bits per heavy atom. The Bertz CT molecular complexity index is 5140. The van der Waals surface area contributed by atoms with Crippen LogP contribution in [0.15, 0.2) is 222 Å². The molecule has 4 heteroatoms. The van der Waals surface area contributed by atoms with Gasteiger partial charge in [0, 0.05) is 32.6 Å². The van der Waals surface area contributed by atoms with E-state index in [1.807, 2.05) is 0 Å². The lowest BCUT2D eigenvalue weighted by Crippen LogP contribution is -2.74. The van der Waals surface area contributed by atoms with E-state index >= 15 is 0 Å². The van der Waals surface area contributed by atoms with E-state index in [0.717, 1.165) is 9.13 Å². The van der Waals surface area contributed by atoms with Gasteiger partial charge in [0.1, 0.15) is 5.58 Å². The van der Waals surface area contributed by atoms with Gasteiger partial charge in [-0.05, 0) is 63.0 Å². The Morgan fingerprint density at radius 3 is 1.57 bits per heavy atom. The molecule has 0 atom stereocenters. The first-order valence-corrected chi connectivity index (χ1v) is 19.4. The standard InChI is InChI=1S/C54H36N2OSi/c1-4-20-38(21-5-1)58(39-22-6-2-7-23-39,40-24-8-3-9-25-40)41-26-18-19-37(35-41)55-47-31-14-12-29-44(47)46-36-50(54-52(53(46)55)45-30-13-17-34-51(45)57-54)56-48-32-15-10-27-42(48)43-28-11-16-33-49(43)56/h1-36H/i1D,2D,4D,5D,6D,7D,10D,11D,12D,13D,14D,15D,16D,17D,18D,19D,20D,21D,22D,23D,26D,27D,28D,29D,30D,31D,32D,33D,34D,35D,36D. The molecule has 3 nitrogen and oxygen atoms in total. The van der Waals surface area contributed by atoms with E-state index in [-0.39, 0.29) is 5.19 Å². The van der Waals surface area contributed by atoms with Crippen LogP contribution in [0.1, 0.15) is 42.5 Å². The van der Waals surface area contributed by atoms with E-state index < -0.39 is 288 Å². The number of hydrogen-bond acceptors (Lipinski definition) is 1. The summed E-state index contributed by atoms with van der Waals surface area (Å²) in [5.41, 5.74) is -6.04. The third-order valence-corrected chi connectivity index (χ3v) is 14.3. The number of fused-ring (bicyclic) bond motifs is 10. The molecule has 0 radical (unpaired) electrons. The second-order valence-electron chi connectivity index (χ2n) is 12.9. The summed E-state index contributed by atoms with van der Waals surface area (Å²) in [6.45, 7) is 0. The first kappa shape index (κ1) is 14.5. The third kappa shape index (κ3) is 4.61. The Hall–Kier alpha value is -7.40. The number of hydrogen-bond donors (Lipinski definition) is 0. The van der Waals surface area contributed by atoms with Crippen LogP contribution in [-0.4, -0.2) is 17.2 Å². The monoisotopic (exact) mass is 787 g/mol. The molecule has 9 aromatic carbocycles. The molecule has 0 N–H and O–H groups in total. The average molecular weight is 788 g/mol. The van der Waals surface area contributed by atoms with E-state index in [4.69, 9.17) is 26.3 Å². The van der Waals surface area contributed by atoms with Gasteiger partial charge in [0.15, 0.2) is 13.7 Å². The van der Waals surface area contributed by atoms with Crippen molar-refractivity contribution >= 4 is 94.4 Å². The van der Waals surface area contributed by atoms with Crippen LogP contribution < -0.4 is 20.7 Å². The van der Waals surface area contributed by atoms with Crippen molar-refractivity contribution in [3.63, 3.8) is 0 Å². The second kappa shape index (κ2) is 12.8. The zero-order valence-corrected chi connectivity index (χ0v) is 30.2. The molecule has 3 heterocycles. The van der Waals surface area contributed by atoms with E-state index in [1.165, 1.54) is 30.3 Å². The van der Waals surface area contributed by atoms with Crippen molar-refractivity contribution in [3.8, 4) is 11.4 Å². The van der Waals surface area contributed by atoms with Gasteiger partial charge in [-0.1, -0.05) is 175 Å². The largest absolute Gasteiger partial charge is 0.454 e. The molecular weight excluding hydrogens is 721 g/mol. The van der Waals surface area contributed by atoms with Crippen LogP contribution in [0.2, 0.25) is 0 Å². The zero-order valence-electron chi connectivity index (χ0n) is 60.2. The SMILES string of the molecule is [2H]c1c([2H])c([2H])c([Si](c2ccccc2)(c2c([2H])c([2H])c([2H])c([2H])c2[2H])c2c([2H])c([2H])c([2H])c(-n3c4c([2H])c([2H])c([2H])c([2H])c4c4c([2H])c(-n5c6c([2H])c([2H])c([2H])c([2H])c6c6c([2H])c([2H])c([2H])c([2H])c65)c5oc6c([2H])c([2H])c([2H])c([2H])c6c5c43)c2[2H])c([2H])c1[2H]. The fraction of sp³-hybridized carbons (Fsp3) is 0. The minimum atomic E-state index is -5.80. The van der Waals surface area contributed by atoms with Gasteiger partial charge in [0.2, 0.25) is 0 Å². The normalized spacial score (nSPS) is 19.6. The molecule has 0 aliphatic rings. The minimum Gasteiger partial charge on any atom is -0.454 e. The van der Waals surface area contributed by atoms with Gasteiger partial charge in [-0.25, -0.2) is 0 Å². The third-order valence-electron chi connectivity index (χ3n) is 10.1. The van der Waals surface area contributed by atoms with Gasteiger partial charge in [-0.3, -0.25) is 0 Å². The Morgan fingerprint density at radius 1 is 0.414 bits per heavy atom. The fourth-order valence-corrected chi connectivity index (χ4v) is 11.6. The second-order valence-corrected chi connectivity index (χ2v) is 16.5. The maximum atomic E-state index is 10.7. The first-order chi connectivity index (χ1) is 41.7. The first-order valence-electron chi connectivity index (χ1n) is 32.9. The summed E-state index contributed by atoms with van der Waals surface area (Å²) >= 11 is 0. The summed E-state index contributed by atoms with van der Waals surface area (Å²) in [7, 11) is -5.80. The molecule has 12 aromatic rings. The molecule has 0 spiro atoms. The van der Waals surface area contributed by atoms with Crippen LogP contribution in [0.25, 0.3) is 76.9 Å². The van der Waals surface area contributed by atoms with E-state index in [0.29, 0.717) is 0 Å². The zero-order chi connectivity index (χ0) is 65.2. The van der Waals surface area contributed by atoms with Crippen molar-refractivity contribution in [3.05, 3.63) is 218 Å². The van der Waals surface area contributed by atoms with Gasteiger partial charge in [0.05, 0.1) is 75.6 Å². The van der Waals surface area contributed by atoms with Gasteiger partial charge in [0.25, 0.3) is 0 Å². The smallest absolute Gasteiger partial charge is 0.179 e. The van der Waals surface area contributed by atoms with Crippen molar-refractivity contribution in [1.82, 2.24) is 9.13 Å². The number of aromatic nitrogens is 2. The van der Waals surface area contributed by atoms with Gasteiger partial charge < -0.3 is 13.6 Å². The van der Waals surface area contributed by atoms with Crippen molar-refractivity contribution in [2.24, 2.45) is 0 Å². The number of furan rings is 1. The quantitative estimate of drug-likeness (QED) is 0.122. The van der Waals surface area contributed by atoms with Crippen LogP contribution in [0.3, 0.4) is 0 Å². The summed E-state index contributed by atoms with van der Waals surface area (Å²) in [4.78, 5) is 0. The molecule has 0 unspecified atom stereocenters. The highest BCUT2D eigenvalue weighted by Gasteiger charge is 2.41. The number of nitrogens with zero attached hydrogens (tertiary/aromatic N) is 2. The summed E-state index contributed by atoms with van der Waals surface area (Å²) in [6.07, 6.45) is 0. The van der Waals surface area contributed by atoms with Crippen molar-refractivity contribution in [2.75, 3.05) is 0 Å². The predicted molar refractivity (Wildman–Crippen MR) is 246 cm³/mol. The highest BCUT2D eigenvalue weighted by Crippen LogP contribution is 2.45. The van der Waals surface area contributed by atoms with Crippen molar-refractivity contribution in [1.29, 1.82) is 0 Å². The van der Waals surface area contributed by atoms with Crippen LogP contribution >= 0.6 is 0 Å². The molecule has 3 aromatic heterocycles. The minimum absolute atomic E-state index is 0.231. The van der Waals surface area contributed by atoms with E-state index in [2.05, 4.69) is 0 Å².